The molecule has 1 amide bonds. The first-order chi connectivity index (χ1) is 11.9. The summed E-state index contributed by atoms with van der Waals surface area (Å²) in [6.07, 6.45) is 1.69. The van der Waals surface area contributed by atoms with E-state index in [1.54, 1.807) is 20.0 Å². The van der Waals surface area contributed by atoms with Crippen molar-refractivity contribution in [3.05, 3.63) is 59.9 Å². The highest BCUT2D eigenvalue weighted by Crippen LogP contribution is 2.25. The highest BCUT2D eigenvalue weighted by atomic mass is 32.1. The van der Waals surface area contributed by atoms with Crippen molar-refractivity contribution in [2.45, 2.75) is 19.4 Å². The molecule has 0 aliphatic rings. The molecule has 0 unspecified atom stereocenters. The molecule has 1 aromatic carbocycles. The molecular formula is C18H16FN3O2S. The van der Waals surface area contributed by atoms with E-state index in [-0.39, 0.29) is 11.7 Å². The molecule has 0 aliphatic carbocycles. The van der Waals surface area contributed by atoms with E-state index in [9.17, 15) is 9.18 Å². The summed E-state index contributed by atoms with van der Waals surface area (Å²) in [7, 11) is 0. The van der Waals surface area contributed by atoms with Crippen molar-refractivity contribution in [3.8, 4) is 17.1 Å². The predicted molar refractivity (Wildman–Crippen MR) is 95.1 cm³/mol. The molecule has 0 fully saturated rings. The molecule has 128 valence electrons. The zero-order valence-corrected chi connectivity index (χ0v) is 14.5. The van der Waals surface area contributed by atoms with Crippen molar-refractivity contribution in [1.82, 2.24) is 9.97 Å². The first-order valence-electron chi connectivity index (χ1n) is 7.57. The molecule has 1 N–H and O–H groups in total. The third-order valence-electron chi connectivity index (χ3n) is 3.39. The van der Waals surface area contributed by atoms with Crippen molar-refractivity contribution < 1.29 is 13.9 Å². The largest absolute Gasteiger partial charge is 0.478 e. The van der Waals surface area contributed by atoms with Crippen LogP contribution in [0.5, 0.6) is 5.75 Å². The minimum atomic E-state index is -1.14. The van der Waals surface area contributed by atoms with E-state index in [4.69, 9.17) is 4.74 Å². The van der Waals surface area contributed by atoms with Crippen LogP contribution in [0.3, 0.4) is 0 Å². The summed E-state index contributed by atoms with van der Waals surface area (Å²) in [5.74, 6) is -0.298. The van der Waals surface area contributed by atoms with Gasteiger partial charge in [0.15, 0.2) is 10.7 Å². The van der Waals surface area contributed by atoms with Crippen LogP contribution < -0.4 is 10.1 Å². The number of hydrogen-bond acceptors (Lipinski definition) is 5. The third kappa shape index (κ3) is 4.19. The maximum atomic E-state index is 13.0. The van der Waals surface area contributed by atoms with Crippen LogP contribution in [0.4, 0.5) is 9.52 Å². The molecule has 2 heterocycles. The Morgan fingerprint density at radius 2 is 1.92 bits per heavy atom. The van der Waals surface area contributed by atoms with Gasteiger partial charge in [0, 0.05) is 11.6 Å². The lowest BCUT2D eigenvalue weighted by Crippen LogP contribution is -2.42. The number of carbonyl (C=O) groups is 1. The fraction of sp³-hybridized carbons (Fsp3) is 0.167. The number of nitrogens with one attached hydrogen (secondary N) is 1. The fourth-order valence-corrected chi connectivity index (χ4v) is 2.75. The number of anilines is 1. The van der Waals surface area contributed by atoms with Crippen molar-refractivity contribution in [2.24, 2.45) is 0 Å². The second-order valence-corrected chi connectivity index (χ2v) is 6.63. The third-order valence-corrected chi connectivity index (χ3v) is 4.14. The van der Waals surface area contributed by atoms with Crippen molar-refractivity contribution in [1.29, 1.82) is 0 Å². The van der Waals surface area contributed by atoms with Gasteiger partial charge in [-0.05, 0) is 50.2 Å². The molecule has 0 saturated heterocycles. The monoisotopic (exact) mass is 357 g/mol. The molecule has 2 aromatic heterocycles. The summed E-state index contributed by atoms with van der Waals surface area (Å²) in [6, 6.07) is 11.1. The van der Waals surface area contributed by atoms with Crippen LogP contribution >= 0.6 is 11.3 Å². The number of pyridine rings is 1. The smallest absolute Gasteiger partial charge is 0.269 e. The maximum absolute atomic E-state index is 13.0. The van der Waals surface area contributed by atoms with Crippen LogP contribution in [0.25, 0.3) is 11.4 Å². The molecule has 3 rings (SSSR count). The zero-order chi connectivity index (χ0) is 17.9. The van der Waals surface area contributed by atoms with Gasteiger partial charge in [-0.3, -0.25) is 15.1 Å². The average Bonchev–Trinajstić information content (AvgIpc) is 3.06. The second kappa shape index (κ2) is 6.98. The Bertz CT molecular complexity index is 864. The van der Waals surface area contributed by atoms with E-state index < -0.39 is 5.60 Å². The predicted octanol–water partition coefficient (Wildman–Crippen LogP) is 4.14. The number of amides is 1. The van der Waals surface area contributed by atoms with Gasteiger partial charge in [-0.2, -0.15) is 0 Å². The number of thiazole rings is 1. The van der Waals surface area contributed by atoms with Gasteiger partial charge >= 0.3 is 0 Å². The number of ether oxygens (including phenoxy) is 1. The number of benzene rings is 1. The van der Waals surface area contributed by atoms with Crippen LogP contribution in [-0.4, -0.2) is 21.5 Å². The van der Waals surface area contributed by atoms with Gasteiger partial charge in [0.05, 0.1) is 5.69 Å². The minimum Gasteiger partial charge on any atom is -0.478 e. The molecule has 0 atom stereocenters. The molecule has 5 nitrogen and oxygen atoms in total. The van der Waals surface area contributed by atoms with Crippen molar-refractivity contribution in [2.75, 3.05) is 5.32 Å². The molecule has 0 spiro atoms. The Kier molecular flexibility index (Phi) is 4.76. The molecule has 0 aliphatic heterocycles. The molecule has 25 heavy (non-hydrogen) atoms. The molecular weight excluding hydrogens is 341 g/mol. The lowest BCUT2D eigenvalue weighted by Gasteiger charge is -2.24. The number of aromatic nitrogens is 2. The number of rotatable bonds is 5. The Labute approximate surface area is 148 Å². The summed E-state index contributed by atoms with van der Waals surface area (Å²) >= 11 is 1.31. The van der Waals surface area contributed by atoms with Gasteiger partial charge in [0.1, 0.15) is 17.3 Å². The normalized spacial score (nSPS) is 11.2. The molecule has 3 aromatic rings. The molecule has 7 heteroatoms. The highest BCUT2D eigenvalue weighted by Gasteiger charge is 2.30. The Morgan fingerprint density at radius 1 is 1.16 bits per heavy atom. The lowest BCUT2D eigenvalue weighted by molar-refractivity contribution is -0.128. The first-order valence-corrected chi connectivity index (χ1v) is 8.45. The van der Waals surface area contributed by atoms with E-state index in [1.165, 1.54) is 35.6 Å². The standard InChI is InChI=1S/C18H16FN3O2S/c1-18(2,24-13-8-6-12(19)7-9-13)16(23)22-17-21-15(11-25-17)14-5-3-4-10-20-14/h3-11H,1-2H3,(H,21,22,23). The van der Waals surface area contributed by atoms with Gasteiger partial charge in [0.2, 0.25) is 0 Å². The van der Waals surface area contributed by atoms with Gasteiger partial charge in [0.25, 0.3) is 5.91 Å². The fourth-order valence-electron chi connectivity index (χ4n) is 2.05. The van der Waals surface area contributed by atoms with Crippen molar-refractivity contribution in [3.63, 3.8) is 0 Å². The lowest BCUT2D eigenvalue weighted by atomic mass is 10.1. The quantitative estimate of drug-likeness (QED) is 0.745. The van der Waals surface area contributed by atoms with Gasteiger partial charge in [-0.15, -0.1) is 11.3 Å². The summed E-state index contributed by atoms with van der Waals surface area (Å²) in [5, 5.41) is 5.03. The van der Waals surface area contributed by atoms with Crippen LogP contribution in [0.1, 0.15) is 13.8 Å². The van der Waals surface area contributed by atoms with E-state index >= 15 is 0 Å². The van der Waals surface area contributed by atoms with E-state index in [1.807, 2.05) is 23.6 Å². The van der Waals surface area contributed by atoms with Gasteiger partial charge < -0.3 is 4.74 Å². The molecule has 0 bridgehead atoms. The second-order valence-electron chi connectivity index (χ2n) is 5.77. The summed E-state index contributed by atoms with van der Waals surface area (Å²) in [6.45, 7) is 3.28. The SMILES string of the molecule is CC(C)(Oc1ccc(F)cc1)C(=O)Nc1nc(-c2ccccn2)cs1. The topological polar surface area (TPSA) is 64.1 Å². The Morgan fingerprint density at radius 3 is 2.60 bits per heavy atom. The van der Waals surface area contributed by atoms with Gasteiger partial charge in [-0.1, -0.05) is 6.07 Å². The minimum absolute atomic E-state index is 0.348. The van der Waals surface area contributed by atoms with Crippen LogP contribution in [-0.2, 0) is 4.79 Å². The highest BCUT2D eigenvalue weighted by molar-refractivity contribution is 7.14. The average molecular weight is 357 g/mol. The first kappa shape index (κ1) is 17.0. The van der Waals surface area contributed by atoms with Crippen LogP contribution in [0.2, 0.25) is 0 Å². The number of halogens is 1. The van der Waals surface area contributed by atoms with E-state index in [0.717, 1.165) is 5.69 Å². The zero-order valence-electron chi connectivity index (χ0n) is 13.7. The molecule has 0 radical (unpaired) electrons. The number of carbonyl (C=O) groups excluding carboxylic acids is 1. The summed E-state index contributed by atoms with van der Waals surface area (Å²) in [4.78, 5) is 21.1. The number of hydrogen-bond donors (Lipinski definition) is 1. The van der Waals surface area contributed by atoms with Gasteiger partial charge in [-0.25, -0.2) is 9.37 Å². The summed E-state index contributed by atoms with van der Waals surface area (Å²) in [5.41, 5.74) is 0.286. The van der Waals surface area contributed by atoms with E-state index in [0.29, 0.717) is 16.6 Å². The van der Waals surface area contributed by atoms with Crippen LogP contribution in [0, 0.1) is 5.82 Å². The maximum Gasteiger partial charge on any atom is 0.269 e. The van der Waals surface area contributed by atoms with Crippen LogP contribution in [0.15, 0.2) is 54.0 Å². The molecule has 0 saturated carbocycles. The Hall–Kier alpha value is -2.80. The summed E-state index contributed by atoms with van der Waals surface area (Å²) < 4.78 is 18.6. The van der Waals surface area contributed by atoms with Crippen molar-refractivity contribution >= 4 is 22.4 Å². The van der Waals surface area contributed by atoms with E-state index in [2.05, 4.69) is 15.3 Å². The number of nitrogens with zero attached hydrogens (tertiary/aromatic N) is 2. The Balaban J connectivity index is 1.68.